The molecule has 5 unspecified atom stereocenters. The van der Waals surface area contributed by atoms with Gasteiger partial charge in [0.05, 0.1) is 26.4 Å². The number of esters is 4. The maximum absolute atomic E-state index is 13.0. The van der Waals surface area contributed by atoms with Gasteiger partial charge in [-0.2, -0.15) is 0 Å². The largest absolute Gasteiger partial charge is 0.472 e. The van der Waals surface area contributed by atoms with Crippen LogP contribution in [0.2, 0.25) is 0 Å². The van der Waals surface area contributed by atoms with E-state index < -0.39 is 97.5 Å². The number of carbonyl (C=O) groups excluding carboxylic acids is 4. The Morgan fingerprint density at radius 1 is 0.301 bits per heavy atom. The van der Waals surface area contributed by atoms with Gasteiger partial charge in [-0.25, -0.2) is 9.13 Å². The minimum atomic E-state index is -4.96. The summed E-state index contributed by atoms with van der Waals surface area (Å²) in [5, 5.41) is 10.6. The molecule has 0 radical (unpaired) electrons. The summed E-state index contributed by atoms with van der Waals surface area (Å²) in [5.41, 5.74) is 0. The second kappa shape index (κ2) is 63.5. The molecule has 0 aromatic carbocycles. The number of ether oxygens (including phenoxy) is 4. The summed E-state index contributed by atoms with van der Waals surface area (Å²) >= 11 is 0. The molecule has 0 aliphatic rings. The molecule has 0 spiro atoms. The number of phosphoric acid groups is 2. The van der Waals surface area contributed by atoms with Crippen LogP contribution in [0.15, 0.2) is 0 Å². The van der Waals surface area contributed by atoms with Gasteiger partial charge in [-0.1, -0.05) is 319 Å². The molecule has 0 fully saturated rings. The number of rotatable bonds is 71. The van der Waals surface area contributed by atoms with E-state index in [4.69, 9.17) is 37.0 Å². The van der Waals surface area contributed by atoms with Gasteiger partial charge in [-0.15, -0.1) is 0 Å². The Kier molecular flexibility index (Phi) is 62.2. The fourth-order valence-electron chi connectivity index (χ4n) is 11.1. The molecule has 0 heterocycles. The van der Waals surface area contributed by atoms with Gasteiger partial charge in [0.15, 0.2) is 12.2 Å². The van der Waals surface area contributed by atoms with Crippen LogP contribution in [0, 0.1) is 23.7 Å². The maximum Gasteiger partial charge on any atom is 0.472 e. The van der Waals surface area contributed by atoms with Crippen molar-refractivity contribution in [3.8, 4) is 0 Å². The molecule has 0 aliphatic heterocycles. The molecule has 3 N–H and O–H groups in total. The van der Waals surface area contributed by atoms with Gasteiger partial charge >= 0.3 is 39.5 Å². The fourth-order valence-corrected chi connectivity index (χ4v) is 12.7. The molecule has 17 nitrogen and oxygen atoms in total. The number of phosphoric ester groups is 2. The molecule has 0 aromatic heterocycles. The van der Waals surface area contributed by atoms with Crippen LogP contribution < -0.4 is 0 Å². The highest BCUT2D eigenvalue weighted by Crippen LogP contribution is 2.45. The summed E-state index contributed by atoms with van der Waals surface area (Å²) in [6, 6.07) is 0. The van der Waals surface area contributed by atoms with Crippen LogP contribution in [-0.2, 0) is 65.4 Å². The number of aliphatic hydroxyl groups excluding tert-OH is 1. The van der Waals surface area contributed by atoms with Gasteiger partial charge in [0.25, 0.3) is 0 Å². The summed E-state index contributed by atoms with van der Waals surface area (Å²) < 4.78 is 68.4. The van der Waals surface area contributed by atoms with E-state index in [2.05, 4.69) is 55.4 Å². The van der Waals surface area contributed by atoms with Gasteiger partial charge in [-0.05, 0) is 49.4 Å². The first-order chi connectivity index (χ1) is 44.7. The normalized spacial score (nSPS) is 15.1. The zero-order valence-electron chi connectivity index (χ0n) is 60.9. The van der Waals surface area contributed by atoms with Crippen molar-refractivity contribution < 1.29 is 80.2 Å². The summed E-state index contributed by atoms with van der Waals surface area (Å²) in [4.78, 5) is 72.7. The Bertz CT molecular complexity index is 1840. The predicted molar refractivity (Wildman–Crippen MR) is 377 cm³/mol. The SMILES string of the molecule is CCC(C)CCCCCCCCCCCCCCCCC(=O)O[C@H](COC(=O)CCCCCCCCC(C)CC)COP(=O)(O)OC[C@H](O)COP(=O)(O)OC[C@@H](COC(=O)CCCCCCCCCCCCC(C)CC)OC(=O)CCCCCCCCCCC(C)C. The van der Waals surface area contributed by atoms with E-state index in [1.54, 1.807) is 0 Å². The number of carbonyl (C=O) groups is 4. The van der Waals surface area contributed by atoms with Crippen molar-refractivity contribution in [3.63, 3.8) is 0 Å². The summed E-state index contributed by atoms with van der Waals surface area (Å²) in [7, 11) is -9.91. The number of hydrogen-bond acceptors (Lipinski definition) is 15. The first-order valence-electron chi connectivity index (χ1n) is 38.3. The fraction of sp³-hybridized carbons (Fsp3) is 0.946. The molecule has 0 saturated carbocycles. The molecule has 93 heavy (non-hydrogen) atoms. The van der Waals surface area contributed by atoms with E-state index in [1.165, 1.54) is 167 Å². The minimum absolute atomic E-state index is 0.104. The van der Waals surface area contributed by atoms with E-state index in [9.17, 15) is 43.2 Å². The highest BCUT2D eigenvalue weighted by molar-refractivity contribution is 7.47. The predicted octanol–water partition coefficient (Wildman–Crippen LogP) is 21.3. The van der Waals surface area contributed by atoms with Gasteiger partial charge < -0.3 is 33.8 Å². The molecule has 552 valence electrons. The van der Waals surface area contributed by atoms with E-state index in [0.717, 1.165) is 120 Å². The Labute approximate surface area is 568 Å². The van der Waals surface area contributed by atoms with Crippen LogP contribution in [-0.4, -0.2) is 96.7 Å². The zero-order valence-corrected chi connectivity index (χ0v) is 62.7. The third-order valence-electron chi connectivity index (χ3n) is 18.2. The third kappa shape index (κ3) is 64.5. The van der Waals surface area contributed by atoms with E-state index in [-0.39, 0.29) is 25.7 Å². The average molecular weight is 1370 g/mol. The van der Waals surface area contributed by atoms with Gasteiger partial charge in [0.2, 0.25) is 0 Å². The highest BCUT2D eigenvalue weighted by atomic mass is 31.2. The lowest BCUT2D eigenvalue weighted by Gasteiger charge is -2.21. The number of aliphatic hydroxyl groups is 1. The lowest BCUT2D eigenvalue weighted by atomic mass is 9.99. The van der Waals surface area contributed by atoms with Crippen molar-refractivity contribution in [1.82, 2.24) is 0 Å². The molecule has 0 rings (SSSR count). The van der Waals surface area contributed by atoms with Crippen LogP contribution in [0.1, 0.15) is 370 Å². The molecular formula is C74H144O17P2. The smallest absolute Gasteiger partial charge is 0.462 e. The topological polar surface area (TPSA) is 237 Å². The molecule has 0 aliphatic carbocycles. The molecule has 0 aromatic rings. The van der Waals surface area contributed by atoms with Gasteiger partial charge in [0, 0.05) is 25.7 Å². The van der Waals surface area contributed by atoms with Crippen LogP contribution in [0.4, 0.5) is 0 Å². The van der Waals surface area contributed by atoms with Crippen LogP contribution >= 0.6 is 15.6 Å². The monoisotopic (exact) mass is 1370 g/mol. The van der Waals surface area contributed by atoms with Crippen molar-refractivity contribution in [1.29, 1.82) is 0 Å². The van der Waals surface area contributed by atoms with Crippen LogP contribution in [0.5, 0.6) is 0 Å². The molecule has 0 saturated heterocycles. The Morgan fingerprint density at radius 3 is 0.763 bits per heavy atom. The summed E-state index contributed by atoms with van der Waals surface area (Å²) in [6.45, 7) is 14.2. The Balaban J connectivity index is 5.23. The number of unbranched alkanes of at least 4 members (excludes halogenated alkanes) is 34. The summed E-state index contributed by atoms with van der Waals surface area (Å²) in [6.07, 6.45) is 47.1. The molecule has 0 amide bonds. The van der Waals surface area contributed by atoms with Crippen molar-refractivity contribution in [3.05, 3.63) is 0 Å². The third-order valence-corrected chi connectivity index (χ3v) is 20.1. The minimum Gasteiger partial charge on any atom is -0.462 e. The molecule has 0 bridgehead atoms. The van der Waals surface area contributed by atoms with Crippen molar-refractivity contribution >= 4 is 39.5 Å². The van der Waals surface area contributed by atoms with E-state index in [1.807, 2.05) is 0 Å². The lowest BCUT2D eigenvalue weighted by molar-refractivity contribution is -0.161. The first-order valence-corrected chi connectivity index (χ1v) is 41.3. The first kappa shape index (κ1) is 91.1. The number of hydrogen-bond donors (Lipinski definition) is 3. The average Bonchev–Trinajstić information content (AvgIpc) is 2.65. The Hall–Kier alpha value is -1.94. The van der Waals surface area contributed by atoms with Gasteiger partial charge in [0.1, 0.15) is 19.3 Å². The van der Waals surface area contributed by atoms with Crippen molar-refractivity contribution in [2.45, 2.75) is 388 Å². The standard InChI is InChI=1S/C74H144O17P2/c1-9-65(6)51-43-35-27-20-16-14-12-13-15-17-23-30-40-48-56-73(78)90-70(61-85-72(77)55-47-39-33-32-37-45-53-67(8)11-3)63-89-93(82,83)87-59-68(75)58-86-92(80,81)88-62-69(91-74(79)57-49-41-31-25-24-26-34-42-50-64(4)5)60-84-71(76)54-46-38-29-22-19-18-21-28-36-44-52-66(7)10-2/h64-70,75H,9-63H2,1-8H3,(H,80,81)(H,82,83)/t65?,66?,67?,68-,69-,70-/m1/s1. The van der Waals surface area contributed by atoms with Crippen molar-refractivity contribution in [2.24, 2.45) is 23.7 Å². The quantitative estimate of drug-likeness (QED) is 0.0222. The van der Waals surface area contributed by atoms with Crippen molar-refractivity contribution in [2.75, 3.05) is 39.6 Å². The molecular weight excluding hydrogens is 1220 g/mol. The zero-order chi connectivity index (χ0) is 68.9. The maximum atomic E-state index is 13.0. The van der Waals surface area contributed by atoms with Crippen LogP contribution in [0.25, 0.3) is 0 Å². The second-order valence-corrected chi connectivity index (χ2v) is 30.8. The summed E-state index contributed by atoms with van der Waals surface area (Å²) in [5.74, 6) is 0.978. The van der Waals surface area contributed by atoms with E-state index in [0.29, 0.717) is 25.7 Å². The molecule has 8 atom stereocenters. The lowest BCUT2D eigenvalue weighted by Crippen LogP contribution is -2.30. The van der Waals surface area contributed by atoms with Crippen LogP contribution in [0.3, 0.4) is 0 Å². The Morgan fingerprint density at radius 2 is 0.516 bits per heavy atom. The highest BCUT2D eigenvalue weighted by Gasteiger charge is 2.30. The van der Waals surface area contributed by atoms with Gasteiger partial charge in [-0.3, -0.25) is 37.3 Å². The van der Waals surface area contributed by atoms with E-state index >= 15 is 0 Å². The molecule has 19 heteroatoms. The second-order valence-electron chi connectivity index (χ2n) is 27.9.